The van der Waals surface area contributed by atoms with Gasteiger partial charge in [-0.3, -0.25) is 0 Å². The molecule has 114 valence electrons. The Labute approximate surface area is 123 Å². The molecule has 19 heavy (non-hydrogen) atoms. The largest absolute Gasteiger partial charge is 0.103 e. The molecule has 4 atom stereocenters. The second-order valence-corrected chi connectivity index (χ2v) is 7.15. The highest BCUT2D eigenvalue weighted by Crippen LogP contribution is 2.52. The van der Waals surface area contributed by atoms with E-state index in [0.29, 0.717) is 5.41 Å². The van der Waals surface area contributed by atoms with Crippen molar-refractivity contribution >= 4 is 0 Å². The van der Waals surface area contributed by atoms with Gasteiger partial charge in [-0.05, 0) is 41.9 Å². The summed E-state index contributed by atoms with van der Waals surface area (Å²) in [4.78, 5) is 0. The molecule has 0 saturated carbocycles. The summed E-state index contributed by atoms with van der Waals surface area (Å²) in [5, 5.41) is 0. The van der Waals surface area contributed by atoms with Crippen LogP contribution in [0, 0.1) is 22.7 Å². The topological polar surface area (TPSA) is 0 Å². The summed E-state index contributed by atoms with van der Waals surface area (Å²) in [7, 11) is 0. The van der Waals surface area contributed by atoms with Crippen LogP contribution in [0.2, 0.25) is 0 Å². The summed E-state index contributed by atoms with van der Waals surface area (Å²) in [5.41, 5.74) is 0.637. The van der Waals surface area contributed by atoms with Crippen LogP contribution in [0.25, 0.3) is 0 Å². The molecule has 0 heteroatoms. The minimum atomic E-state index is 0.268. The Morgan fingerprint density at radius 2 is 1.68 bits per heavy atom. The molecular weight excluding hydrogens is 228 g/mol. The van der Waals surface area contributed by atoms with Crippen molar-refractivity contribution in [1.29, 1.82) is 0 Å². The van der Waals surface area contributed by atoms with Gasteiger partial charge in [0.15, 0.2) is 0 Å². The fourth-order valence-electron chi connectivity index (χ4n) is 3.51. The second kappa shape index (κ2) is 8.12. The van der Waals surface area contributed by atoms with Gasteiger partial charge in [-0.15, -0.1) is 6.58 Å². The first-order valence-electron chi connectivity index (χ1n) is 8.44. The van der Waals surface area contributed by atoms with Gasteiger partial charge >= 0.3 is 0 Å². The lowest BCUT2D eigenvalue weighted by molar-refractivity contribution is 0.0270. The van der Waals surface area contributed by atoms with E-state index in [-0.39, 0.29) is 5.41 Å². The number of hydrogen-bond acceptors (Lipinski definition) is 0. The molecule has 0 saturated heterocycles. The zero-order valence-electron chi connectivity index (χ0n) is 14.7. The van der Waals surface area contributed by atoms with Gasteiger partial charge in [-0.25, -0.2) is 0 Å². The van der Waals surface area contributed by atoms with Crippen molar-refractivity contribution in [1.82, 2.24) is 0 Å². The highest BCUT2D eigenvalue weighted by Gasteiger charge is 2.44. The van der Waals surface area contributed by atoms with Crippen molar-refractivity contribution < 1.29 is 0 Å². The molecule has 4 unspecified atom stereocenters. The van der Waals surface area contributed by atoms with Gasteiger partial charge in [0.25, 0.3) is 0 Å². The minimum absolute atomic E-state index is 0.268. The average molecular weight is 267 g/mol. The summed E-state index contributed by atoms with van der Waals surface area (Å²) in [6.45, 7) is 20.9. The van der Waals surface area contributed by atoms with E-state index >= 15 is 0 Å². The van der Waals surface area contributed by atoms with E-state index in [4.69, 9.17) is 0 Å². The number of unbranched alkanes of at least 4 members (excludes halogenated alkanes) is 1. The fourth-order valence-corrected chi connectivity index (χ4v) is 3.51. The maximum atomic E-state index is 4.18. The molecule has 0 radical (unpaired) electrons. The third kappa shape index (κ3) is 4.36. The zero-order valence-corrected chi connectivity index (χ0v) is 14.7. The molecule has 0 rings (SSSR count). The first kappa shape index (κ1) is 18.7. The first-order chi connectivity index (χ1) is 8.81. The number of rotatable bonds is 10. The first-order valence-corrected chi connectivity index (χ1v) is 8.44. The molecule has 0 amide bonds. The van der Waals surface area contributed by atoms with E-state index in [1.54, 1.807) is 0 Å². The molecule has 0 bridgehead atoms. The van der Waals surface area contributed by atoms with Gasteiger partial charge in [0.05, 0.1) is 0 Å². The molecular formula is C19H38. The average Bonchev–Trinajstić information content (AvgIpc) is 2.43. The fraction of sp³-hybridized carbons (Fsp3) is 0.895. The molecule has 0 aliphatic rings. The maximum Gasteiger partial charge on any atom is -0.00930 e. The van der Waals surface area contributed by atoms with Gasteiger partial charge in [-0.2, -0.15) is 0 Å². The summed E-state index contributed by atoms with van der Waals surface area (Å²) in [6.07, 6.45) is 10.0. The van der Waals surface area contributed by atoms with E-state index in [9.17, 15) is 0 Å². The maximum absolute atomic E-state index is 4.18. The van der Waals surface area contributed by atoms with E-state index in [1.807, 2.05) is 0 Å². The lowest BCUT2D eigenvalue weighted by atomic mass is 9.55. The normalized spacial score (nSPS) is 21.2. The van der Waals surface area contributed by atoms with Crippen molar-refractivity contribution in [2.45, 2.75) is 87.0 Å². The van der Waals surface area contributed by atoms with Crippen LogP contribution in [-0.2, 0) is 0 Å². The summed E-state index contributed by atoms with van der Waals surface area (Å²) < 4.78 is 0. The van der Waals surface area contributed by atoms with Gasteiger partial charge in [-0.1, -0.05) is 73.8 Å². The van der Waals surface area contributed by atoms with Crippen LogP contribution < -0.4 is 0 Å². The van der Waals surface area contributed by atoms with Crippen LogP contribution in [0.3, 0.4) is 0 Å². The Bertz CT molecular complexity index is 255. The van der Waals surface area contributed by atoms with Gasteiger partial charge in [0.2, 0.25) is 0 Å². The third-order valence-corrected chi connectivity index (χ3v) is 6.08. The van der Waals surface area contributed by atoms with Crippen molar-refractivity contribution in [3.05, 3.63) is 12.7 Å². The molecule has 0 aromatic carbocycles. The molecule has 0 aliphatic heterocycles. The molecule has 0 fully saturated rings. The highest BCUT2D eigenvalue weighted by molar-refractivity contribution is 5.04. The third-order valence-electron chi connectivity index (χ3n) is 6.08. The summed E-state index contributed by atoms with van der Waals surface area (Å²) >= 11 is 0. The summed E-state index contributed by atoms with van der Waals surface area (Å²) in [5.74, 6) is 1.59. The van der Waals surface area contributed by atoms with Crippen molar-refractivity contribution in [3.63, 3.8) is 0 Å². The number of hydrogen-bond donors (Lipinski definition) is 0. The van der Waals surface area contributed by atoms with Crippen LogP contribution in [0.4, 0.5) is 0 Å². The predicted octanol–water partition coefficient (Wildman–Crippen LogP) is 6.86. The zero-order chi connectivity index (χ0) is 15.1. The van der Waals surface area contributed by atoms with Gasteiger partial charge < -0.3 is 0 Å². The smallest absolute Gasteiger partial charge is 0.00930 e. The molecule has 0 heterocycles. The predicted molar refractivity (Wildman–Crippen MR) is 89.5 cm³/mol. The number of allylic oxidation sites excluding steroid dienone is 1. The van der Waals surface area contributed by atoms with Crippen molar-refractivity contribution in [2.24, 2.45) is 22.7 Å². The monoisotopic (exact) mass is 266 g/mol. The van der Waals surface area contributed by atoms with Crippen molar-refractivity contribution in [3.8, 4) is 0 Å². The van der Waals surface area contributed by atoms with E-state index < -0.39 is 0 Å². The van der Waals surface area contributed by atoms with Gasteiger partial charge in [0.1, 0.15) is 0 Å². The molecule has 0 nitrogen and oxygen atoms in total. The van der Waals surface area contributed by atoms with E-state index in [1.165, 1.54) is 38.5 Å². The van der Waals surface area contributed by atoms with Crippen LogP contribution in [0.5, 0.6) is 0 Å². The standard InChI is InChI=1S/C19H38/c1-9-13-14-18(7,11-3)19(8,12-4)17(6)15-16(5)10-2/h11,16-17H,3,9-10,12-15H2,1-2,4-8H3. The van der Waals surface area contributed by atoms with E-state index in [0.717, 1.165) is 11.8 Å². The Kier molecular flexibility index (Phi) is 8.01. The van der Waals surface area contributed by atoms with Gasteiger partial charge in [0, 0.05) is 0 Å². The second-order valence-electron chi connectivity index (χ2n) is 7.15. The SMILES string of the molecule is C=CC(C)(CCCC)C(C)(CC)C(C)CC(C)CC. The minimum Gasteiger partial charge on any atom is -0.103 e. The van der Waals surface area contributed by atoms with E-state index in [2.05, 4.69) is 61.1 Å². The molecule has 0 aromatic heterocycles. The lowest BCUT2D eigenvalue weighted by Gasteiger charge is -2.49. The Morgan fingerprint density at radius 3 is 2.05 bits per heavy atom. The van der Waals surface area contributed by atoms with Crippen LogP contribution >= 0.6 is 0 Å². The Hall–Kier alpha value is -0.260. The molecule has 0 aliphatic carbocycles. The lowest BCUT2D eigenvalue weighted by Crippen LogP contribution is -2.41. The summed E-state index contributed by atoms with van der Waals surface area (Å²) in [6, 6.07) is 0. The quantitative estimate of drug-likeness (QED) is 0.379. The van der Waals surface area contributed by atoms with Crippen LogP contribution in [0.1, 0.15) is 87.0 Å². The molecule has 0 spiro atoms. The molecule has 0 aromatic rings. The molecule has 0 N–H and O–H groups in total. The Balaban J connectivity index is 5.12. The Morgan fingerprint density at radius 1 is 1.11 bits per heavy atom. The highest BCUT2D eigenvalue weighted by atomic mass is 14.5. The van der Waals surface area contributed by atoms with Crippen LogP contribution in [0.15, 0.2) is 12.7 Å². The van der Waals surface area contributed by atoms with Crippen molar-refractivity contribution in [2.75, 3.05) is 0 Å². The van der Waals surface area contributed by atoms with Crippen LogP contribution in [-0.4, -0.2) is 0 Å².